The van der Waals surface area contributed by atoms with E-state index >= 15 is 0 Å². The third-order valence-corrected chi connectivity index (χ3v) is 6.92. The minimum absolute atomic E-state index is 0.293. The van der Waals surface area contributed by atoms with Crippen LogP contribution >= 0.6 is 23.4 Å². The van der Waals surface area contributed by atoms with Crippen LogP contribution in [0.1, 0.15) is 28.1 Å². The number of aryl methyl sites for hydroxylation is 3. The first-order valence-corrected chi connectivity index (χ1v) is 11.9. The Morgan fingerprint density at radius 2 is 1.68 bits per heavy atom. The van der Waals surface area contributed by atoms with Crippen molar-refractivity contribution >= 4 is 52.2 Å². The van der Waals surface area contributed by atoms with E-state index in [0.717, 1.165) is 50.4 Å². The van der Waals surface area contributed by atoms with Crippen molar-refractivity contribution in [2.75, 3.05) is 11.9 Å². The van der Waals surface area contributed by atoms with E-state index < -0.39 is 17.1 Å². The minimum Gasteiger partial charge on any atom is -0.324 e. The summed E-state index contributed by atoms with van der Waals surface area (Å²) in [5.41, 5.74) is 6.23. The van der Waals surface area contributed by atoms with Crippen LogP contribution in [0.2, 0.25) is 5.02 Å². The van der Waals surface area contributed by atoms with Crippen molar-refractivity contribution in [3.05, 3.63) is 86.5 Å². The molecule has 8 heteroatoms. The van der Waals surface area contributed by atoms with Crippen LogP contribution in [0.3, 0.4) is 0 Å². The number of carbonyl (C=O) groups is 3. The minimum atomic E-state index is -0.469. The van der Waals surface area contributed by atoms with Gasteiger partial charge in [0.1, 0.15) is 6.54 Å². The van der Waals surface area contributed by atoms with Crippen molar-refractivity contribution in [1.82, 2.24) is 9.47 Å². The highest BCUT2D eigenvalue weighted by Gasteiger charge is 2.36. The Morgan fingerprint density at radius 3 is 2.32 bits per heavy atom. The summed E-state index contributed by atoms with van der Waals surface area (Å²) in [6, 6.07) is 15.2. The Bertz CT molecular complexity index is 1320. The van der Waals surface area contributed by atoms with Gasteiger partial charge in [-0.2, -0.15) is 0 Å². The number of aromatic nitrogens is 1. The highest BCUT2D eigenvalue weighted by atomic mass is 35.5. The van der Waals surface area contributed by atoms with E-state index in [1.807, 2.05) is 76.2 Å². The molecule has 0 bridgehead atoms. The van der Waals surface area contributed by atoms with E-state index in [1.54, 1.807) is 6.08 Å². The maximum atomic E-state index is 13.0. The van der Waals surface area contributed by atoms with E-state index in [9.17, 15) is 14.4 Å². The van der Waals surface area contributed by atoms with Gasteiger partial charge in [-0.1, -0.05) is 29.8 Å². The smallest absolute Gasteiger partial charge is 0.294 e. The van der Waals surface area contributed by atoms with Gasteiger partial charge >= 0.3 is 0 Å². The fraction of sp³-hybridized carbons (Fsp3) is 0.192. The lowest BCUT2D eigenvalue weighted by Gasteiger charge is -2.15. The molecule has 0 atom stereocenters. The number of hydrogen-bond acceptors (Lipinski definition) is 4. The zero-order valence-electron chi connectivity index (χ0n) is 19.3. The van der Waals surface area contributed by atoms with E-state index in [0.29, 0.717) is 15.6 Å². The zero-order chi connectivity index (χ0) is 24.6. The number of thioether (sulfide) groups is 1. The molecule has 34 heavy (non-hydrogen) atoms. The first-order valence-electron chi connectivity index (χ1n) is 10.7. The quantitative estimate of drug-likeness (QED) is 0.440. The standard InChI is InChI=1S/C26H24ClN3O3S/c1-15-6-5-7-16(2)24(15)28-23(31)14-29-25(32)22(34-26(29)33)13-19-12-17(3)30(18(19)4)21-10-8-20(27)9-11-21/h5-13H,14H2,1-4H3,(H,28,31)/b22-13+. The van der Waals surface area contributed by atoms with Crippen molar-refractivity contribution in [3.8, 4) is 5.69 Å². The maximum Gasteiger partial charge on any atom is 0.294 e. The number of hydrogen-bond donors (Lipinski definition) is 1. The molecule has 0 aliphatic carbocycles. The second-order valence-corrected chi connectivity index (χ2v) is 9.65. The highest BCUT2D eigenvalue weighted by molar-refractivity contribution is 8.18. The average molecular weight is 494 g/mol. The number of imide groups is 1. The molecule has 1 saturated heterocycles. The van der Waals surface area contributed by atoms with Gasteiger partial charge in [-0.25, -0.2) is 0 Å². The maximum absolute atomic E-state index is 13.0. The Hall–Kier alpha value is -3.29. The van der Waals surface area contributed by atoms with Crippen molar-refractivity contribution in [1.29, 1.82) is 0 Å². The van der Waals surface area contributed by atoms with Gasteiger partial charge in [0.2, 0.25) is 5.91 Å². The Labute approximate surface area is 207 Å². The summed E-state index contributed by atoms with van der Waals surface area (Å²) in [6.07, 6.45) is 1.71. The van der Waals surface area contributed by atoms with Crippen LogP contribution in [0.15, 0.2) is 53.4 Å². The highest BCUT2D eigenvalue weighted by Crippen LogP contribution is 2.34. The SMILES string of the molecule is Cc1cccc(C)c1NC(=O)CN1C(=O)S/C(=C/c2cc(C)n(-c3ccc(Cl)cc3)c2C)C1=O. The Kier molecular flexibility index (Phi) is 6.68. The number of carbonyl (C=O) groups excluding carboxylic acids is 3. The predicted molar refractivity (Wildman–Crippen MR) is 137 cm³/mol. The molecule has 6 nitrogen and oxygen atoms in total. The summed E-state index contributed by atoms with van der Waals surface area (Å²) in [7, 11) is 0. The molecule has 3 amide bonds. The van der Waals surface area contributed by atoms with Gasteiger partial charge in [-0.05, 0) is 92.6 Å². The molecule has 1 aliphatic rings. The zero-order valence-corrected chi connectivity index (χ0v) is 20.9. The molecule has 2 heterocycles. The Morgan fingerprint density at radius 1 is 1.03 bits per heavy atom. The van der Waals surface area contributed by atoms with Gasteiger partial charge in [0, 0.05) is 27.8 Å². The molecule has 174 valence electrons. The largest absolute Gasteiger partial charge is 0.324 e. The molecule has 0 saturated carbocycles. The molecule has 1 aromatic heterocycles. The third kappa shape index (κ3) is 4.67. The summed E-state index contributed by atoms with van der Waals surface area (Å²) in [5, 5.41) is 3.02. The molecule has 2 aromatic carbocycles. The number of para-hydroxylation sites is 1. The number of anilines is 1. The second kappa shape index (κ2) is 9.52. The topological polar surface area (TPSA) is 71.4 Å². The summed E-state index contributed by atoms with van der Waals surface area (Å²) >= 11 is 6.86. The van der Waals surface area contributed by atoms with E-state index in [2.05, 4.69) is 9.88 Å². The predicted octanol–water partition coefficient (Wildman–Crippen LogP) is 6.04. The van der Waals surface area contributed by atoms with Gasteiger partial charge in [-0.3, -0.25) is 19.3 Å². The molecule has 0 spiro atoms. The summed E-state index contributed by atoms with van der Waals surface area (Å²) in [4.78, 5) is 39.4. The normalized spacial score (nSPS) is 14.9. The number of halogens is 1. The summed E-state index contributed by atoms with van der Waals surface area (Å²) in [5.74, 6) is -0.884. The van der Waals surface area contributed by atoms with Crippen LogP contribution in [0.4, 0.5) is 10.5 Å². The van der Waals surface area contributed by atoms with Crippen LogP contribution in [-0.4, -0.2) is 33.1 Å². The molecule has 0 unspecified atom stereocenters. The molecule has 4 rings (SSSR count). The lowest BCUT2D eigenvalue weighted by Crippen LogP contribution is -2.36. The second-order valence-electron chi connectivity index (χ2n) is 8.22. The molecule has 3 aromatic rings. The monoisotopic (exact) mass is 493 g/mol. The van der Waals surface area contributed by atoms with E-state index in [4.69, 9.17) is 11.6 Å². The van der Waals surface area contributed by atoms with Crippen molar-refractivity contribution < 1.29 is 14.4 Å². The van der Waals surface area contributed by atoms with Crippen LogP contribution in [0.25, 0.3) is 11.8 Å². The van der Waals surface area contributed by atoms with Crippen LogP contribution < -0.4 is 5.32 Å². The third-order valence-electron chi connectivity index (χ3n) is 5.76. The number of nitrogens with zero attached hydrogens (tertiary/aromatic N) is 2. The van der Waals surface area contributed by atoms with Gasteiger partial charge in [0.25, 0.3) is 11.1 Å². The average Bonchev–Trinajstić information content (AvgIpc) is 3.21. The number of benzene rings is 2. The van der Waals surface area contributed by atoms with E-state index in [-0.39, 0.29) is 6.54 Å². The number of rotatable bonds is 5. The molecular weight excluding hydrogens is 470 g/mol. The van der Waals surface area contributed by atoms with Crippen molar-refractivity contribution in [2.45, 2.75) is 27.7 Å². The molecular formula is C26H24ClN3O3S. The van der Waals surface area contributed by atoms with E-state index in [1.165, 1.54) is 0 Å². The summed E-state index contributed by atoms with van der Waals surface area (Å²) < 4.78 is 2.06. The van der Waals surface area contributed by atoms with Gasteiger partial charge < -0.3 is 9.88 Å². The first kappa shape index (κ1) is 23.9. The molecule has 1 fully saturated rings. The number of nitrogens with one attached hydrogen (secondary N) is 1. The number of amides is 3. The van der Waals surface area contributed by atoms with Gasteiger partial charge in [0.05, 0.1) is 4.91 Å². The summed E-state index contributed by atoms with van der Waals surface area (Å²) in [6.45, 7) is 7.38. The lowest BCUT2D eigenvalue weighted by atomic mass is 10.1. The van der Waals surface area contributed by atoms with Crippen molar-refractivity contribution in [2.24, 2.45) is 0 Å². The molecule has 1 aliphatic heterocycles. The first-order chi connectivity index (χ1) is 16.2. The van der Waals surface area contributed by atoms with Crippen LogP contribution in [0, 0.1) is 27.7 Å². The fourth-order valence-corrected chi connectivity index (χ4v) is 4.99. The Balaban J connectivity index is 1.54. The van der Waals surface area contributed by atoms with Gasteiger partial charge in [-0.15, -0.1) is 0 Å². The lowest BCUT2D eigenvalue weighted by molar-refractivity contribution is -0.127. The van der Waals surface area contributed by atoms with Gasteiger partial charge in [0.15, 0.2) is 0 Å². The molecule has 1 N–H and O–H groups in total. The fourth-order valence-electron chi connectivity index (χ4n) is 4.03. The molecule has 0 radical (unpaired) electrons. The van der Waals surface area contributed by atoms with Crippen molar-refractivity contribution in [3.63, 3.8) is 0 Å². The van der Waals surface area contributed by atoms with Crippen LogP contribution in [0.5, 0.6) is 0 Å². The van der Waals surface area contributed by atoms with Crippen LogP contribution in [-0.2, 0) is 9.59 Å².